The number of H-pyrrole nitrogens is 1. The van der Waals surface area contributed by atoms with Crippen LogP contribution in [0.25, 0.3) is 22.5 Å². The zero-order chi connectivity index (χ0) is 31.2. The minimum atomic E-state index is -0.564. The summed E-state index contributed by atoms with van der Waals surface area (Å²) in [7, 11) is 0. The molecule has 0 spiro atoms. The molecule has 1 atom stereocenters. The van der Waals surface area contributed by atoms with Crippen molar-refractivity contribution in [3.8, 4) is 22.5 Å². The minimum absolute atomic E-state index is 0.0435. The van der Waals surface area contributed by atoms with Crippen LogP contribution >= 0.6 is 0 Å². The molecule has 238 valence electrons. The molecule has 0 radical (unpaired) electrons. The van der Waals surface area contributed by atoms with Crippen LogP contribution < -0.4 is 5.56 Å². The van der Waals surface area contributed by atoms with Crippen molar-refractivity contribution >= 4 is 5.97 Å². The van der Waals surface area contributed by atoms with E-state index in [1.54, 1.807) is 0 Å². The van der Waals surface area contributed by atoms with Gasteiger partial charge < -0.3 is 4.74 Å². The Bertz CT molecular complexity index is 1630. The first kappa shape index (κ1) is 31.0. The van der Waals surface area contributed by atoms with Gasteiger partial charge in [-0.05, 0) is 66.8 Å². The van der Waals surface area contributed by atoms with Crippen molar-refractivity contribution in [3.63, 3.8) is 0 Å². The molecular formula is C36H46N6O3. The van der Waals surface area contributed by atoms with E-state index in [4.69, 9.17) is 4.74 Å². The zero-order valence-corrected chi connectivity index (χ0v) is 26.8. The fraction of sp³-hybridized carbons (Fsp3) is 0.528. The van der Waals surface area contributed by atoms with Gasteiger partial charge >= 0.3 is 5.97 Å². The number of rotatable bonds is 12. The highest BCUT2D eigenvalue weighted by atomic mass is 16.5. The molecule has 9 heteroatoms. The molecule has 1 N–H and O–H groups in total. The lowest BCUT2D eigenvalue weighted by Crippen LogP contribution is -2.47. The standard InChI is InChI=1S/C36H46N6O3/c1-3-5-15-31-30(25-26-17-19-27(20-18-26)28-13-8-9-14-29(28)33-37-39-40-38-33)34(43)41-23-12-16-32(42(31)41)36(21-10-7-11-22-36)35(44)45-24-6-4-2/h8-9,13-14,17-20,32H,3-7,10-12,15-16,21-25H2,1-2H3,(H,37,38,39,40). The molecule has 1 saturated carbocycles. The van der Waals surface area contributed by atoms with Gasteiger partial charge in [-0.3, -0.25) is 14.3 Å². The first-order chi connectivity index (χ1) is 22.1. The maximum absolute atomic E-state index is 14.2. The third-order valence-corrected chi connectivity index (χ3v) is 9.97. The van der Waals surface area contributed by atoms with Crippen LogP contribution in [0.3, 0.4) is 0 Å². The number of nitrogens with one attached hydrogen (secondary N) is 1. The first-order valence-corrected chi connectivity index (χ1v) is 17.0. The van der Waals surface area contributed by atoms with Crippen LogP contribution in [0.5, 0.6) is 0 Å². The Hall–Kier alpha value is -4.01. The number of fused-ring (bicyclic) bond motifs is 1. The Morgan fingerprint density at radius 3 is 2.44 bits per heavy atom. The van der Waals surface area contributed by atoms with Crippen molar-refractivity contribution in [2.24, 2.45) is 5.41 Å². The number of carbonyl (C=O) groups excluding carboxylic acids is 1. The van der Waals surface area contributed by atoms with E-state index in [0.29, 0.717) is 25.4 Å². The topological polar surface area (TPSA) is 108 Å². The number of hydrogen-bond acceptors (Lipinski definition) is 6. The van der Waals surface area contributed by atoms with Gasteiger partial charge in [-0.15, -0.1) is 10.2 Å². The summed E-state index contributed by atoms with van der Waals surface area (Å²) in [6, 6.07) is 16.5. The lowest BCUT2D eigenvalue weighted by atomic mass is 9.67. The molecule has 1 aliphatic heterocycles. The van der Waals surface area contributed by atoms with E-state index in [0.717, 1.165) is 111 Å². The average Bonchev–Trinajstić information content (AvgIpc) is 3.71. The van der Waals surface area contributed by atoms with E-state index in [1.165, 1.54) is 0 Å². The maximum Gasteiger partial charge on any atom is 0.314 e. The Morgan fingerprint density at radius 2 is 1.73 bits per heavy atom. The molecule has 0 saturated heterocycles. The number of carbonyl (C=O) groups is 1. The van der Waals surface area contributed by atoms with E-state index < -0.39 is 5.41 Å². The lowest BCUT2D eigenvalue weighted by Gasteiger charge is -2.45. The Kier molecular flexibility index (Phi) is 9.61. The summed E-state index contributed by atoms with van der Waals surface area (Å²) in [5.74, 6) is 0.511. The van der Waals surface area contributed by atoms with Crippen molar-refractivity contribution in [2.45, 2.75) is 110 Å². The number of tetrazole rings is 1. The van der Waals surface area contributed by atoms with E-state index in [-0.39, 0.29) is 17.6 Å². The van der Waals surface area contributed by atoms with Crippen molar-refractivity contribution in [3.05, 3.63) is 75.7 Å². The Balaban J connectivity index is 1.35. The molecule has 1 aliphatic carbocycles. The van der Waals surface area contributed by atoms with Gasteiger partial charge in [0.2, 0.25) is 5.82 Å². The van der Waals surface area contributed by atoms with Gasteiger partial charge in [0.15, 0.2) is 0 Å². The summed E-state index contributed by atoms with van der Waals surface area (Å²) in [5, 5.41) is 14.6. The highest BCUT2D eigenvalue weighted by Gasteiger charge is 2.50. The van der Waals surface area contributed by atoms with E-state index >= 15 is 0 Å². The summed E-state index contributed by atoms with van der Waals surface area (Å²) in [5.41, 5.74) is 5.62. The Labute approximate surface area is 265 Å². The average molecular weight is 611 g/mol. The van der Waals surface area contributed by atoms with Crippen LogP contribution in [0.4, 0.5) is 0 Å². The first-order valence-electron chi connectivity index (χ1n) is 17.0. The van der Waals surface area contributed by atoms with Crippen molar-refractivity contribution in [2.75, 3.05) is 6.61 Å². The second kappa shape index (κ2) is 14.0. The molecule has 45 heavy (non-hydrogen) atoms. The van der Waals surface area contributed by atoms with Gasteiger partial charge in [-0.25, -0.2) is 4.68 Å². The highest BCUT2D eigenvalue weighted by Crippen LogP contribution is 2.50. The molecule has 9 nitrogen and oxygen atoms in total. The fourth-order valence-corrected chi connectivity index (χ4v) is 7.60. The molecule has 0 amide bonds. The number of aromatic amines is 1. The van der Waals surface area contributed by atoms with Crippen molar-refractivity contribution < 1.29 is 9.53 Å². The Morgan fingerprint density at radius 1 is 0.978 bits per heavy atom. The summed E-state index contributed by atoms with van der Waals surface area (Å²) in [6.45, 7) is 5.49. The molecule has 2 aliphatic rings. The molecule has 1 fully saturated rings. The number of unbranched alkanes of at least 4 members (excludes halogenated alkanes) is 2. The number of esters is 1. The van der Waals surface area contributed by atoms with Crippen LogP contribution in [0.2, 0.25) is 0 Å². The van der Waals surface area contributed by atoms with Gasteiger partial charge in [-0.1, -0.05) is 94.5 Å². The van der Waals surface area contributed by atoms with E-state index in [9.17, 15) is 9.59 Å². The van der Waals surface area contributed by atoms with Crippen LogP contribution in [0, 0.1) is 5.41 Å². The smallest absolute Gasteiger partial charge is 0.314 e. The van der Waals surface area contributed by atoms with Gasteiger partial charge in [0.25, 0.3) is 5.56 Å². The predicted octanol–water partition coefficient (Wildman–Crippen LogP) is 7.06. The van der Waals surface area contributed by atoms with Crippen LogP contribution in [-0.4, -0.2) is 42.6 Å². The summed E-state index contributed by atoms with van der Waals surface area (Å²) >= 11 is 0. The van der Waals surface area contributed by atoms with Gasteiger partial charge in [0.1, 0.15) is 0 Å². The highest BCUT2D eigenvalue weighted by molar-refractivity contribution is 5.80. The van der Waals surface area contributed by atoms with Crippen molar-refractivity contribution in [1.29, 1.82) is 0 Å². The third-order valence-electron chi connectivity index (χ3n) is 9.97. The summed E-state index contributed by atoms with van der Waals surface area (Å²) < 4.78 is 10.2. The monoisotopic (exact) mass is 610 g/mol. The normalized spacial score (nSPS) is 17.6. The molecule has 0 bridgehead atoms. The summed E-state index contributed by atoms with van der Waals surface area (Å²) in [6.07, 6.45) is 12.0. The minimum Gasteiger partial charge on any atom is -0.465 e. The van der Waals surface area contributed by atoms with Gasteiger partial charge in [0, 0.05) is 29.8 Å². The van der Waals surface area contributed by atoms with E-state index in [1.807, 2.05) is 22.9 Å². The van der Waals surface area contributed by atoms with Crippen LogP contribution in [0.1, 0.15) is 107 Å². The second-order valence-electron chi connectivity index (χ2n) is 12.8. The predicted molar refractivity (Wildman–Crippen MR) is 175 cm³/mol. The van der Waals surface area contributed by atoms with Crippen LogP contribution in [-0.2, 0) is 28.9 Å². The third kappa shape index (κ3) is 6.14. The summed E-state index contributed by atoms with van der Waals surface area (Å²) in [4.78, 5) is 28.1. The zero-order valence-electron chi connectivity index (χ0n) is 26.8. The number of hydrogen-bond donors (Lipinski definition) is 1. The number of ether oxygens (including phenoxy) is 1. The molecule has 2 aromatic heterocycles. The second-order valence-corrected chi connectivity index (χ2v) is 12.8. The quantitative estimate of drug-likeness (QED) is 0.136. The largest absolute Gasteiger partial charge is 0.465 e. The molecule has 4 aromatic rings. The number of aromatic nitrogens is 6. The molecule has 1 unspecified atom stereocenters. The lowest BCUT2D eigenvalue weighted by molar-refractivity contribution is -0.163. The number of benzene rings is 2. The van der Waals surface area contributed by atoms with Gasteiger partial charge in [-0.2, -0.15) is 5.21 Å². The number of nitrogens with zero attached hydrogens (tertiary/aromatic N) is 5. The van der Waals surface area contributed by atoms with Crippen molar-refractivity contribution in [1.82, 2.24) is 30.0 Å². The maximum atomic E-state index is 14.2. The van der Waals surface area contributed by atoms with Gasteiger partial charge in [0.05, 0.1) is 18.1 Å². The fourth-order valence-electron chi connectivity index (χ4n) is 7.60. The molecule has 6 rings (SSSR count). The molecule has 2 aromatic carbocycles. The van der Waals surface area contributed by atoms with E-state index in [2.05, 4.69) is 69.5 Å². The SMILES string of the molecule is CCCCOC(=O)C1(C2CCCn3c(=O)c(Cc4ccc(-c5ccccc5-c5nn[nH]n5)cc4)c(CCCC)n32)CCCCC1. The molecule has 3 heterocycles. The van der Waals surface area contributed by atoms with Crippen LogP contribution in [0.15, 0.2) is 53.3 Å². The molecular weight excluding hydrogens is 564 g/mol.